The first-order chi connectivity index (χ1) is 19.0. The van der Waals surface area contributed by atoms with Gasteiger partial charge in [-0.25, -0.2) is 30.9 Å². The zero-order chi connectivity index (χ0) is 30.2. The molecule has 1 aromatic rings. The lowest BCUT2D eigenvalue weighted by atomic mass is 9.43. The number of ketones is 1. The highest BCUT2D eigenvalue weighted by atomic mass is 32.3. The fourth-order valence-corrected chi connectivity index (χ4v) is 9.84. The van der Waals surface area contributed by atoms with Crippen LogP contribution in [0.4, 0.5) is 22.0 Å². The summed E-state index contributed by atoms with van der Waals surface area (Å²) in [6.07, 6.45) is 2.11. The number of carbonyl (C=O) groups excluding carboxylic acids is 2. The van der Waals surface area contributed by atoms with E-state index in [1.54, 1.807) is 0 Å². The van der Waals surface area contributed by atoms with Crippen LogP contribution in [0, 0.1) is 69.5 Å². The lowest BCUT2D eigenvalue weighted by Crippen LogP contribution is -2.60. The average Bonchev–Trinajstić information content (AvgIpc) is 3.22. The number of halogens is 5. The molecule has 0 bridgehead atoms. The SMILES string of the molecule is CC(=O)[C@H]1CCC2C3CC[C@@H]4C[C@H](OS(=O)(=O)O)CC[C@]4(C)C3C(OC(=O)c3c(F)c(F)c(F)c(F)c3F)C[C@@]21C. The van der Waals surface area contributed by atoms with Crippen LogP contribution in [0.5, 0.6) is 0 Å². The summed E-state index contributed by atoms with van der Waals surface area (Å²) in [6.45, 7) is 5.42. The number of fused-ring (bicyclic) bond motifs is 5. The first kappa shape index (κ1) is 30.3. The molecule has 4 unspecified atom stereocenters. The van der Waals surface area contributed by atoms with E-state index >= 15 is 0 Å². The highest BCUT2D eigenvalue weighted by molar-refractivity contribution is 7.80. The molecule has 0 aromatic heterocycles. The number of benzene rings is 1. The van der Waals surface area contributed by atoms with E-state index in [0.717, 1.165) is 6.42 Å². The standard InChI is InChI=1S/C28H33F5O7S/c1-12(34)16-6-7-17-15-5-4-13-10-14(40-41(36,37)38)8-9-27(13,2)20(15)18(11-28(16,17)3)39-26(35)19-21(29)23(31)25(33)24(32)22(19)30/h13-18,20H,4-11H2,1-3H3,(H,36,37,38)/t13-,14-,15?,16-,17?,18?,20?,27+,28-/m1/s1. The Kier molecular flexibility index (Phi) is 7.59. The molecule has 1 aromatic carbocycles. The molecule has 4 aliphatic carbocycles. The van der Waals surface area contributed by atoms with Gasteiger partial charge < -0.3 is 4.74 Å². The number of carbonyl (C=O) groups is 2. The summed E-state index contributed by atoms with van der Waals surface area (Å²) in [7, 11) is -4.67. The van der Waals surface area contributed by atoms with Crippen LogP contribution in [0.1, 0.15) is 82.5 Å². The van der Waals surface area contributed by atoms with Crippen molar-refractivity contribution in [1.82, 2.24) is 0 Å². The topological polar surface area (TPSA) is 107 Å². The van der Waals surface area contributed by atoms with E-state index in [4.69, 9.17) is 8.92 Å². The summed E-state index contributed by atoms with van der Waals surface area (Å²) in [5, 5.41) is 0. The van der Waals surface area contributed by atoms with Crippen molar-refractivity contribution in [2.24, 2.45) is 40.4 Å². The summed E-state index contributed by atoms with van der Waals surface area (Å²) in [4.78, 5) is 25.8. The molecule has 228 valence electrons. The third-order valence-corrected chi connectivity index (χ3v) is 11.5. The Bertz CT molecular complexity index is 1360. The van der Waals surface area contributed by atoms with Gasteiger partial charge in [-0.1, -0.05) is 13.8 Å². The van der Waals surface area contributed by atoms with Crippen molar-refractivity contribution < 1.29 is 53.4 Å². The van der Waals surface area contributed by atoms with E-state index in [-0.39, 0.29) is 48.2 Å². The highest BCUT2D eigenvalue weighted by Gasteiger charge is 2.65. The van der Waals surface area contributed by atoms with Crippen LogP contribution in [0.25, 0.3) is 0 Å². The molecular weight excluding hydrogens is 575 g/mol. The summed E-state index contributed by atoms with van der Waals surface area (Å²) in [5.74, 6) is -14.0. The maximum atomic E-state index is 14.6. The number of ether oxygens (including phenoxy) is 1. The van der Waals surface area contributed by atoms with Gasteiger partial charge in [0, 0.05) is 11.8 Å². The minimum absolute atomic E-state index is 0.0268. The Hall–Kier alpha value is -2.12. The first-order valence-corrected chi connectivity index (χ1v) is 15.2. The van der Waals surface area contributed by atoms with Gasteiger partial charge in [0.2, 0.25) is 5.82 Å². The Morgan fingerprint density at radius 2 is 1.49 bits per heavy atom. The fraction of sp³-hybridized carbons (Fsp3) is 0.714. The van der Waals surface area contributed by atoms with Crippen molar-refractivity contribution in [3.05, 3.63) is 34.6 Å². The van der Waals surface area contributed by atoms with Gasteiger partial charge in [-0.3, -0.25) is 9.35 Å². The molecule has 13 heteroatoms. The molecule has 4 fully saturated rings. The molecule has 1 N–H and O–H groups in total. The van der Waals surface area contributed by atoms with Gasteiger partial charge in [-0.15, -0.1) is 0 Å². The van der Waals surface area contributed by atoms with Crippen molar-refractivity contribution in [2.75, 3.05) is 0 Å². The molecule has 0 aliphatic heterocycles. The van der Waals surface area contributed by atoms with Crippen LogP contribution in [0.2, 0.25) is 0 Å². The normalized spacial score (nSPS) is 38.5. The van der Waals surface area contributed by atoms with Gasteiger partial charge >= 0.3 is 16.4 Å². The monoisotopic (exact) mass is 608 g/mol. The van der Waals surface area contributed by atoms with Crippen molar-refractivity contribution in [3.8, 4) is 0 Å². The molecule has 9 atom stereocenters. The van der Waals surface area contributed by atoms with Crippen molar-refractivity contribution in [2.45, 2.75) is 84.3 Å². The molecular formula is C28H33F5O7S. The third kappa shape index (κ3) is 4.89. The van der Waals surface area contributed by atoms with E-state index in [1.807, 2.05) is 13.8 Å². The molecule has 0 saturated heterocycles. The molecule has 0 amide bonds. The number of hydrogen-bond acceptors (Lipinski definition) is 6. The van der Waals surface area contributed by atoms with E-state index < -0.39 is 74.1 Å². The van der Waals surface area contributed by atoms with Crippen molar-refractivity contribution >= 4 is 22.2 Å². The maximum absolute atomic E-state index is 14.6. The van der Waals surface area contributed by atoms with Gasteiger partial charge in [0.05, 0.1) is 6.10 Å². The van der Waals surface area contributed by atoms with Crippen molar-refractivity contribution in [3.63, 3.8) is 0 Å². The van der Waals surface area contributed by atoms with Crippen LogP contribution in [0.3, 0.4) is 0 Å². The summed E-state index contributed by atoms with van der Waals surface area (Å²) >= 11 is 0. The van der Waals surface area contributed by atoms with Crippen LogP contribution in [-0.4, -0.2) is 36.9 Å². The third-order valence-electron chi connectivity index (χ3n) is 10.9. The predicted molar refractivity (Wildman–Crippen MR) is 133 cm³/mol. The second-order valence-corrected chi connectivity index (χ2v) is 13.9. The Balaban J connectivity index is 1.53. The molecule has 4 aliphatic rings. The molecule has 0 heterocycles. The van der Waals surface area contributed by atoms with Gasteiger partial charge in [-0.2, -0.15) is 8.42 Å². The van der Waals surface area contributed by atoms with E-state index in [1.165, 1.54) is 6.92 Å². The first-order valence-electron chi connectivity index (χ1n) is 13.9. The molecule has 7 nitrogen and oxygen atoms in total. The molecule has 5 rings (SSSR count). The van der Waals surface area contributed by atoms with Crippen LogP contribution in [-0.2, 0) is 24.1 Å². The molecule has 41 heavy (non-hydrogen) atoms. The van der Waals surface area contributed by atoms with E-state index in [0.29, 0.717) is 32.1 Å². The number of esters is 1. The van der Waals surface area contributed by atoms with Crippen LogP contribution < -0.4 is 0 Å². The number of Topliss-reactive ketones (excluding diaryl/α,β-unsaturated/α-hetero) is 1. The van der Waals surface area contributed by atoms with Crippen LogP contribution >= 0.6 is 0 Å². The Morgan fingerprint density at radius 1 is 0.878 bits per heavy atom. The minimum Gasteiger partial charge on any atom is -0.458 e. The zero-order valence-corrected chi connectivity index (χ0v) is 23.7. The highest BCUT2D eigenvalue weighted by Crippen LogP contribution is 2.68. The lowest BCUT2D eigenvalue weighted by molar-refractivity contribution is -0.178. The molecule has 0 spiro atoms. The largest absolute Gasteiger partial charge is 0.458 e. The van der Waals surface area contributed by atoms with Gasteiger partial charge in [-0.05, 0) is 86.9 Å². The average molecular weight is 609 g/mol. The summed E-state index contributed by atoms with van der Waals surface area (Å²) in [5.41, 5.74) is -2.83. The summed E-state index contributed by atoms with van der Waals surface area (Å²) < 4.78 is 113. The van der Waals surface area contributed by atoms with Gasteiger partial charge in [0.1, 0.15) is 17.5 Å². The summed E-state index contributed by atoms with van der Waals surface area (Å²) in [6, 6.07) is 0. The van der Waals surface area contributed by atoms with Gasteiger partial charge in [0.25, 0.3) is 0 Å². The maximum Gasteiger partial charge on any atom is 0.397 e. The zero-order valence-electron chi connectivity index (χ0n) is 22.9. The Morgan fingerprint density at radius 3 is 2.07 bits per heavy atom. The van der Waals surface area contributed by atoms with Crippen molar-refractivity contribution in [1.29, 1.82) is 0 Å². The van der Waals surface area contributed by atoms with Gasteiger partial charge in [0.15, 0.2) is 23.3 Å². The molecule has 4 saturated carbocycles. The number of hydrogen-bond donors (Lipinski definition) is 1. The Labute approximate surface area is 235 Å². The second-order valence-electron chi connectivity index (χ2n) is 12.8. The predicted octanol–water partition coefficient (Wildman–Crippen LogP) is 5.95. The minimum atomic E-state index is -4.67. The fourth-order valence-electron chi connectivity index (χ4n) is 9.32. The smallest absolute Gasteiger partial charge is 0.397 e. The van der Waals surface area contributed by atoms with E-state index in [2.05, 4.69) is 0 Å². The quantitative estimate of drug-likeness (QED) is 0.145. The van der Waals surface area contributed by atoms with Crippen LogP contribution in [0.15, 0.2) is 0 Å². The lowest BCUT2D eigenvalue weighted by Gasteiger charge is -2.62. The van der Waals surface area contributed by atoms with E-state index in [9.17, 15) is 44.5 Å². The number of rotatable bonds is 5. The second kappa shape index (κ2) is 10.3. The molecule has 0 radical (unpaired) electrons.